The molecular formula is C13H14F2O2. The SMILES string of the molecule is COC(=O)/C=C(\C)c1ccc(C(C)(F)F)cc1. The summed E-state index contributed by atoms with van der Waals surface area (Å²) in [5.41, 5.74) is 1.33. The normalized spacial score (nSPS) is 12.4. The molecule has 0 atom stereocenters. The Hall–Kier alpha value is -1.71. The largest absolute Gasteiger partial charge is 0.466 e. The second-order valence-corrected chi connectivity index (χ2v) is 3.82. The molecule has 0 bridgehead atoms. The smallest absolute Gasteiger partial charge is 0.330 e. The van der Waals surface area contributed by atoms with Crippen LogP contribution in [-0.4, -0.2) is 13.1 Å². The van der Waals surface area contributed by atoms with Gasteiger partial charge in [-0.2, -0.15) is 0 Å². The molecule has 17 heavy (non-hydrogen) atoms. The zero-order valence-electron chi connectivity index (χ0n) is 9.96. The van der Waals surface area contributed by atoms with Gasteiger partial charge in [-0.25, -0.2) is 13.6 Å². The van der Waals surface area contributed by atoms with E-state index >= 15 is 0 Å². The van der Waals surface area contributed by atoms with Crippen LogP contribution >= 0.6 is 0 Å². The minimum Gasteiger partial charge on any atom is -0.466 e. The van der Waals surface area contributed by atoms with E-state index < -0.39 is 11.9 Å². The minimum atomic E-state index is -2.85. The second-order valence-electron chi connectivity index (χ2n) is 3.82. The van der Waals surface area contributed by atoms with Crippen molar-refractivity contribution >= 4 is 11.5 Å². The summed E-state index contributed by atoms with van der Waals surface area (Å²) >= 11 is 0. The van der Waals surface area contributed by atoms with E-state index in [9.17, 15) is 13.6 Å². The van der Waals surface area contributed by atoms with E-state index in [1.54, 1.807) is 19.1 Å². The molecule has 1 rings (SSSR count). The number of esters is 1. The highest BCUT2D eigenvalue weighted by molar-refractivity contribution is 5.90. The van der Waals surface area contributed by atoms with Crippen molar-refractivity contribution in [3.05, 3.63) is 41.5 Å². The first-order valence-corrected chi connectivity index (χ1v) is 5.09. The molecule has 0 aliphatic rings. The fraction of sp³-hybridized carbons (Fsp3) is 0.308. The molecule has 92 valence electrons. The average Bonchev–Trinajstić information content (AvgIpc) is 2.27. The average molecular weight is 240 g/mol. The molecule has 0 fully saturated rings. The predicted octanol–water partition coefficient (Wildman–Crippen LogP) is 3.37. The van der Waals surface area contributed by atoms with E-state index in [2.05, 4.69) is 4.74 Å². The van der Waals surface area contributed by atoms with Crippen molar-refractivity contribution in [1.82, 2.24) is 0 Å². The molecule has 0 amide bonds. The Morgan fingerprint density at radius 1 is 1.29 bits per heavy atom. The van der Waals surface area contributed by atoms with Gasteiger partial charge >= 0.3 is 5.97 Å². The van der Waals surface area contributed by atoms with Gasteiger partial charge in [0.15, 0.2) is 0 Å². The monoisotopic (exact) mass is 240 g/mol. The third-order valence-corrected chi connectivity index (χ3v) is 2.38. The van der Waals surface area contributed by atoms with Crippen LogP contribution in [0.3, 0.4) is 0 Å². The lowest BCUT2D eigenvalue weighted by Gasteiger charge is -2.11. The van der Waals surface area contributed by atoms with Crippen LogP contribution in [0.1, 0.15) is 25.0 Å². The predicted molar refractivity (Wildman–Crippen MR) is 61.7 cm³/mol. The summed E-state index contributed by atoms with van der Waals surface area (Å²) in [4.78, 5) is 11.0. The van der Waals surface area contributed by atoms with Crippen molar-refractivity contribution in [3.63, 3.8) is 0 Å². The first kappa shape index (κ1) is 13.4. The Morgan fingerprint density at radius 3 is 2.24 bits per heavy atom. The Morgan fingerprint density at radius 2 is 1.82 bits per heavy atom. The molecule has 0 unspecified atom stereocenters. The van der Waals surface area contributed by atoms with E-state index in [0.29, 0.717) is 11.1 Å². The van der Waals surface area contributed by atoms with Gasteiger partial charge in [-0.3, -0.25) is 0 Å². The number of methoxy groups -OCH3 is 1. The number of alkyl halides is 2. The molecule has 4 heteroatoms. The van der Waals surface area contributed by atoms with Crippen molar-refractivity contribution in [2.45, 2.75) is 19.8 Å². The zero-order chi connectivity index (χ0) is 13.1. The second kappa shape index (κ2) is 5.08. The van der Waals surface area contributed by atoms with Crippen molar-refractivity contribution in [2.75, 3.05) is 7.11 Å². The van der Waals surface area contributed by atoms with Crippen LogP contribution in [0.2, 0.25) is 0 Å². The minimum absolute atomic E-state index is 0.0490. The van der Waals surface area contributed by atoms with Gasteiger partial charge < -0.3 is 4.74 Å². The van der Waals surface area contributed by atoms with Crippen LogP contribution in [0, 0.1) is 0 Å². The summed E-state index contributed by atoms with van der Waals surface area (Å²) in [5, 5.41) is 0. The summed E-state index contributed by atoms with van der Waals surface area (Å²) < 4.78 is 30.4. The number of halogens is 2. The topological polar surface area (TPSA) is 26.3 Å². The fourth-order valence-electron chi connectivity index (χ4n) is 1.34. The summed E-state index contributed by atoms with van der Waals surface area (Å²) in [5.74, 6) is -3.31. The van der Waals surface area contributed by atoms with Gasteiger partial charge in [-0.1, -0.05) is 24.3 Å². The lowest BCUT2D eigenvalue weighted by atomic mass is 10.0. The van der Waals surface area contributed by atoms with Gasteiger partial charge in [0.1, 0.15) is 0 Å². The number of carbonyl (C=O) groups excluding carboxylic acids is 1. The lowest BCUT2D eigenvalue weighted by Crippen LogP contribution is -2.06. The number of ether oxygens (including phenoxy) is 1. The van der Waals surface area contributed by atoms with Gasteiger partial charge in [0.05, 0.1) is 7.11 Å². The molecule has 1 aromatic carbocycles. The standard InChI is InChI=1S/C13H14F2O2/c1-9(8-12(16)17-3)10-4-6-11(7-5-10)13(2,14)15/h4-8H,1-3H3/b9-8+. The van der Waals surface area contributed by atoms with Gasteiger partial charge in [0.2, 0.25) is 0 Å². The molecule has 1 aromatic rings. The third kappa shape index (κ3) is 3.66. The van der Waals surface area contributed by atoms with Crippen LogP contribution < -0.4 is 0 Å². The molecule has 0 radical (unpaired) electrons. The molecule has 2 nitrogen and oxygen atoms in total. The first-order chi connectivity index (χ1) is 7.84. The Bertz CT molecular complexity index is 428. The molecule has 0 aliphatic heterocycles. The molecule has 0 N–H and O–H groups in total. The maximum atomic E-state index is 13.0. The number of benzene rings is 1. The third-order valence-electron chi connectivity index (χ3n) is 2.38. The van der Waals surface area contributed by atoms with Gasteiger partial charge in [-0.05, 0) is 18.1 Å². The first-order valence-electron chi connectivity index (χ1n) is 5.09. The van der Waals surface area contributed by atoms with E-state index in [-0.39, 0.29) is 5.56 Å². The quantitative estimate of drug-likeness (QED) is 0.598. The molecule has 0 aliphatic carbocycles. The Kier molecular flexibility index (Phi) is 3.99. The van der Waals surface area contributed by atoms with Crippen molar-refractivity contribution in [1.29, 1.82) is 0 Å². The van der Waals surface area contributed by atoms with Crippen LogP contribution in [0.4, 0.5) is 8.78 Å². The van der Waals surface area contributed by atoms with Crippen molar-refractivity contribution < 1.29 is 18.3 Å². The zero-order valence-corrected chi connectivity index (χ0v) is 9.96. The van der Waals surface area contributed by atoms with Crippen molar-refractivity contribution in [3.8, 4) is 0 Å². The van der Waals surface area contributed by atoms with Crippen LogP contribution in [0.5, 0.6) is 0 Å². The highest BCUT2D eigenvalue weighted by Gasteiger charge is 2.23. The number of allylic oxidation sites excluding steroid dienone is 1. The number of hydrogen-bond acceptors (Lipinski definition) is 2. The number of hydrogen-bond donors (Lipinski definition) is 0. The van der Waals surface area contributed by atoms with E-state index in [1.807, 2.05) is 0 Å². The fourth-order valence-corrected chi connectivity index (χ4v) is 1.34. The van der Waals surface area contributed by atoms with Gasteiger partial charge in [0, 0.05) is 18.6 Å². The number of rotatable bonds is 3. The molecule has 0 spiro atoms. The van der Waals surface area contributed by atoms with Crippen LogP contribution in [0.15, 0.2) is 30.3 Å². The van der Waals surface area contributed by atoms with E-state index in [0.717, 1.165) is 6.92 Å². The molecule has 0 aromatic heterocycles. The maximum absolute atomic E-state index is 13.0. The van der Waals surface area contributed by atoms with E-state index in [1.165, 1.54) is 25.3 Å². The van der Waals surface area contributed by atoms with Crippen LogP contribution in [-0.2, 0) is 15.5 Å². The van der Waals surface area contributed by atoms with Gasteiger partial charge in [-0.15, -0.1) is 0 Å². The van der Waals surface area contributed by atoms with Gasteiger partial charge in [0.25, 0.3) is 5.92 Å². The van der Waals surface area contributed by atoms with E-state index in [4.69, 9.17) is 0 Å². The lowest BCUT2D eigenvalue weighted by molar-refractivity contribution is -0.134. The molecule has 0 saturated carbocycles. The Balaban J connectivity index is 2.96. The molecule has 0 saturated heterocycles. The number of carbonyl (C=O) groups is 1. The summed E-state index contributed by atoms with van der Waals surface area (Å²) in [6.45, 7) is 2.56. The highest BCUT2D eigenvalue weighted by atomic mass is 19.3. The summed E-state index contributed by atoms with van der Waals surface area (Å²) in [6.07, 6.45) is 1.32. The summed E-state index contributed by atoms with van der Waals surface area (Å²) in [6, 6.07) is 5.82. The molecule has 0 heterocycles. The summed E-state index contributed by atoms with van der Waals surface area (Å²) in [7, 11) is 1.28. The van der Waals surface area contributed by atoms with Crippen LogP contribution in [0.25, 0.3) is 5.57 Å². The maximum Gasteiger partial charge on any atom is 0.330 e. The Labute approximate surface area is 98.9 Å². The highest BCUT2D eigenvalue weighted by Crippen LogP contribution is 2.27. The van der Waals surface area contributed by atoms with Crippen molar-refractivity contribution in [2.24, 2.45) is 0 Å². The molecular weight excluding hydrogens is 226 g/mol.